The zero-order chi connectivity index (χ0) is 14.3. The first kappa shape index (κ1) is 14.0. The van der Waals surface area contributed by atoms with E-state index in [0.29, 0.717) is 0 Å². The van der Waals surface area contributed by atoms with E-state index in [1.54, 1.807) is 11.3 Å². The summed E-state index contributed by atoms with van der Waals surface area (Å²) in [7, 11) is 0. The van der Waals surface area contributed by atoms with Crippen LogP contribution in [0.5, 0.6) is 0 Å². The van der Waals surface area contributed by atoms with Gasteiger partial charge in [-0.1, -0.05) is 36.4 Å². The molecule has 0 aliphatic rings. The standard InChI is InChI=1S/C18H18N2S/c1-2-6-16(7-3-1)18(17-8-4-5-11-19-17)20-12-9-15-10-13-21-14-15/h1-8,10-11,13-14,18,20H,9,12H2. The Balaban J connectivity index is 1.73. The number of hydrogen-bond acceptors (Lipinski definition) is 3. The molecule has 0 saturated heterocycles. The molecule has 0 aliphatic carbocycles. The second kappa shape index (κ2) is 7.16. The van der Waals surface area contributed by atoms with Gasteiger partial charge in [0.15, 0.2) is 0 Å². The molecule has 21 heavy (non-hydrogen) atoms. The molecule has 1 aromatic carbocycles. The van der Waals surface area contributed by atoms with E-state index < -0.39 is 0 Å². The van der Waals surface area contributed by atoms with Crippen LogP contribution in [0.4, 0.5) is 0 Å². The van der Waals surface area contributed by atoms with Crippen LogP contribution >= 0.6 is 11.3 Å². The van der Waals surface area contributed by atoms with Gasteiger partial charge >= 0.3 is 0 Å². The molecule has 3 rings (SSSR count). The predicted octanol–water partition coefficient (Wildman–Crippen LogP) is 4.06. The fraction of sp³-hybridized carbons (Fsp3) is 0.167. The van der Waals surface area contributed by atoms with Crippen molar-refractivity contribution in [1.29, 1.82) is 0 Å². The Kier molecular flexibility index (Phi) is 4.77. The molecule has 3 heteroatoms. The van der Waals surface area contributed by atoms with Crippen molar-refractivity contribution < 1.29 is 0 Å². The van der Waals surface area contributed by atoms with Gasteiger partial charge in [0.25, 0.3) is 0 Å². The van der Waals surface area contributed by atoms with E-state index in [-0.39, 0.29) is 6.04 Å². The highest BCUT2D eigenvalue weighted by atomic mass is 32.1. The Hall–Kier alpha value is -1.97. The average Bonchev–Trinajstić information content (AvgIpc) is 3.07. The maximum absolute atomic E-state index is 4.51. The Labute approximate surface area is 129 Å². The van der Waals surface area contributed by atoms with Gasteiger partial charge in [0.2, 0.25) is 0 Å². The van der Waals surface area contributed by atoms with Gasteiger partial charge in [0.1, 0.15) is 0 Å². The highest BCUT2D eigenvalue weighted by Gasteiger charge is 2.13. The summed E-state index contributed by atoms with van der Waals surface area (Å²) in [5.41, 5.74) is 3.70. The van der Waals surface area contributed by atoms with Gasteiger partial charge in [-0.05, 0) is 46.5 Å². The van der Waals surface area contributed by atoms with Crippen LogP contribution in [0.25, 0.3) is 0 Å². The zero-order valence-electron chi connectivity index (χ0n) is 11.8. The number of benzene rings is 1. The number of pyridine rings is 1. The van der Waals surface area contributed by atoms with Gasteiger partial charge in [0, 0.05) is 12.7 Å². The largest absolute Gasteiger partial charge is 0.305 e. The third-order valence-electron chi connectivity index (χ3n) is 3.46. The Morgan fingerprint density at radius 1 is 1.00 bits per heavy atom. The van der Waals surface area contributed by atoms with Crippen molar-refractivity contribution in [2.75, 3.05) is 6.54 Å². The van der Waals surface area contributed by atoms with Crippen molar-refractivity contribution in [3.05, 3.63) is 88.4 Å². The van der Waals surface area contributed by atoms with E-state index in [0.717, 1.165) is 18.7 Å². The monoisotopic (exact) mass is 294 g/mol. The van der Waals surface area contributed by atoms with E-state index >= 15 is 0 Å². The summed E-state index contributed by atoms with van der Waals surface area (Å²) in [4.78, 5) is 4.51. The van der Waals surface area contributed by atoms with E-state index in [9.17, 15) is 0 Å². The second-order valence-corrected chi connectivity index (χ2v) is 5.71. The quantitative estimate of drug-likeness (QED) is 0.741. The van der Waals surface area contributed by atoms with Crippen LogP contribution in [-0.2, 0) is 6.42 Å². The van der Waals surface area contributed by atoms with Crippen LogP contribution in [0.1, 0.15) is 22.9 Å². The maximum Gasteiger partial charge on any atom is 0.0751 e. The van der Waals surface area contributed by atoms with E-state index in [1.807, 2.05) is 24.4 Å². The molecule has 0 bridgehead atoms. The molecular weight excluding hydrogens is 276 g/mol. The molecule has 3 aromatic rings. The lowest BCUT2D eigenvalue weighted by Crippen LogP contribution is -2.25. The molecule has 2 nitrogen and oxygen atoms in total. The molecule has 1 unspecified atom stereocenters. The molecule has 1 atom stereocenters. The lowest BCUT2D eigenvalue weighted by Gasteiger charge is -2.18. The molecule has 0 spiro atoms. The molecule has 0 radical (unpaired) electrons. The molecule has 0 fully saturated rings. The number of nitrogens with one attached hydrogen (secondary N) is 1. The fourth-order valence-corrected chi connectivity index (χ4v) is 3.08. The first-order valence-corrected chi connectivity index (χ1v) is 8.08. The van der Waals surface area contributed by atoms with Gasteiger partial charge in [-0.15, -0.1) is 0 Å². The van der Waals surface area contributed by atoms with Crippen LogP contribution in [0, 0.1) is 0 Å². The molecular formula is C18H18N2S. The van der Waals surface area contributed by atoms with Crippen LogP contribution in [0.15, 0.2) is 71.6 Å². The third-order valence-corrected chi connectivity index (χ3v) is 4.19. The number of nitrogens with zero attached hydrogens (tertiary/aromatic N) is 1. The second-order valence-electron chi connectivity index (χ2n) is 4.93. The minimum absolute atomic E-state index is 0.144. The van der Waals surface area contributed by atoms with E-state index in [2.05, 4.69) is 57.5 Å². The molecule has 0 aliphatic heterocycles. The summed E-state index contributed by atoms with van der Waals surface area (Å²) in [6.45, 7) is 0.937. The van der Waals surface area contributed by atoms with Crippen molar-refractivity contribution >= 4 is 11.3 Å². The molecule has 0 amide bonds. The highest BCUT2D eigenvalue weighted by Crippen LogP contribution is 2.20. The summed E-state index contributed by atoms with van der Waals surface area (Å²) >= 11 is 1.75. The van der Waals surface area contributed by atoms with Gasteiger partial charge in [0.05, 0.1) is 11.7 Å². The van der Waals surface area contributed by atoms with Gasteiger partial charge in [-0.2, -0.15) is 11.3 Å². The van der Waals surface area contributed by atoms with Crippen molar-refractivity contribution in [3.8, 4) is 0 Å². The van der Waals surface area contributed by atoms with Gasteiger partial charge in [-0.25, -0.2) is 0 Å². The minimum atomic E-state index is 0.144. The molecule has 2 heterocycles. The van der Waals surface area contributed by atoms with Crippen LogP contribution in [0.2, 0.25) is 0 Å². The van der Waals surface area contributed by atoms with Crippen LogP contribution in [0.3, 0.4) is 0 Å². The smallest absolute Gasteiger partial charge is 0.0751 e. The lowest BCUT2D eigenvalue weighted by molar-refractivity contribution is 0.593. The zero-order valence-corrected chi connectivity index (χ0v) is 12.6. The Morgan fingerprint density at radius 2 is 1.86 bits per heavy atom. The van der Waals surface area contributed by atoms with E-state index in [4.69, 9.17) is 0 Å². The molecule has 0 saturated carbocycles. The normalized spacial score (nSPS) is 12.2. The average molecular weight is 294 g/mol. The van der Waals surface area contributed by atoms with E-state index in [1.165, 1.54) is 11.1 Å². The van der Waals surface area contributed by atoms with Crippen molar-refractivity contribution in [1.82, 2.24) is 10.3 Å². The first-order chi connectivity index (χ1) is 10.4. The maximum atomic E-state index is 4.51. The van der Waals surface area contributed by atoms with Crippen molar-refractivity contribution in [3.63, 3.8) is 0 Å². The predicted molar refractivity (Wildman–Crippen MR) is 88.5 cm³/mol. The Bertz CT molecular complexity index is 596. The highest BCUT2D eigenvalue weighted by molar-refractivity contribution is 7.07. The summed E-state index contributed by atoms with van der Waals surface area (Å²) in [6.07, 6.45) is 2.89. The number of thiophene rings is 1. The number of rotatable bonds is 6. The number of aromatic nitrogens is 1. The summed E-state index contributed by atoms with van der Waals surface area (Å²) in [6, 6.07) is 18.9. The molecule has 1 N–H and O–H groups in total. The fourth-order valence-electron chi connectivity index (χ4n) is 2.38. The van der Waals surface area contributed by atoms with Crippen molar-refractivity contribution in [2.45, 2.75) is 12.5 Å². The van der Waals surface area contributed by atoms with Gasteiger partial charge < -0.3 is 5.32 Å². The Morgan fingerprint density at radius 3 is 2.57 bits per heavy atom. The molecule has 2 aromatic heterocycles. The van der Waals surface area contributed by atoms with Crippen LogP contribution in [-0.4, -0.2) is 11.5 Å². The number of hydrogen-bond donors (Lipinski definition) is 1. The molecule has 106 valence electrons. The first-order valence-electron chi connectivity index (χ1n) is 7.14. The van der Waals surface area contributed by atoms with Gasteiger partial charge in [-0.3, -0.25) is 4.98 Å². The van der Waals surface area contributed by atoms with Crippen molar-refractivity contribution in [2.24, 2.45) is 0 Å². The van der Waals surface area contributed by atoms with Crippen LogP contribution < -0.4 is 5.32 Å². The minimum Gasteiger partial charge on any atom is -0.305 e. The SMILES string of the molecule is c1ccc(C(NCCc2ccsc2)c2ccccn2)cc1. The lowest BCUT2D eigenvalue weighted by atomic mass is 10.0. The summed E-state index contributed by atoms with van der Waals surface area (Å²) in [5, 5.41) is 7.97. The summed E-state index contributed by atoms with van der Waals surface area (Å²) < 4.78 is 0. The summed E-state index contributed by atoms with van der Waals surface area (Å²) in [5.74, 6) is 0. The third kappa shape index (κ3) is 3.78. The topological polar surface area (TPSA) is 24.9 Å².